The third-order valence-corrected chi connectivity index (χ3v) is 8.95. The summed E-state index contributed by atoms with van der Waals surface area (Å²) >= 11 is 6.44. The minimum absolute atomic E-state index is 0.00352. The molecule has 0 saturated carbocycles. The SMILES string of the molecule is CC(C)Oc1ccc(CN(C(=O)c2ccc(-c3ccccc3)cc2)c2ccc(Cl)cc2C(=O)N[C@@H](Cc2ccc(-c3ccccc3)cc2)C(=O)O)cc1. The van der Waals surface area contributed by atoms with Gasteiger partial charge >= 0.3 is 5.97 Å². The van der Waals surface area contributed by atoms with Crippen LogP contribution in [0.3, 0.4) is 0 Å². The number of nitrogens with one attached hydrogen (secondary N) is 1. The number of amides is 2. The minimum Gasteiger partial charge on any atom is -0.491 e. The maximum atomic E-state index is 14.4. The fourth-order valence-corrected chi connectivity index (χ4v) is 6.22. The Labute approximate surface area is 314 Å². The number of carbonyl (C=O) groups excluding carboxylic acids is 2. The average molecular weight is 723 g/mol. The molecule has 2 N–H and O–H groups in total. The fourth-order valence-electron chi connectivity index (χ4n) is 6.05. The van der Waals surface area contributed by atoms with Gasteiger partial charge in [0, 0.05) is 17.0 Å². The molecule has 0 aliphatic rings. The number of carboxylic acids is 1. The maximum absolute atomic E-state index is 14.4. The van der Waals surface area contributed by atoms with Crippen LogP contribution in [0.25, 0.3) is 22.3 Å². The van der Waals surface area contributed by atoms with Crippen molar-refractivity contribution in [2.24, 2.45) is 0 Å². The molecular weight excluding hydrogens is 684 g/mol. The molecule has 6 aromatic rings. The third-order valence-electron chi connectivity index (χ3n) is 8.72. The molecule has 0 unspecified atom stereocenters. The van der Waals surface area contributed by atoms with Gasteiger partial charge in [0.15, 0.2) is 0 Å². The predicted octanol–water partition coefficient (Wildman–Crippen LogP) is 9.73. The number of hydrogen-bond acceptors (Lipinski definition) is 4. The van der Waals surface area contributed by atoms with Crippen LogP contribution in [-0.4, -0.2) is 35.0 Å². The van der Waals surface area contributed by atoms with Crippen LogP contribution in [0.4, 0.5) is 5.69 Å². The van der Waals surface area contributed by atoms with Crippen LogP contribution in [0.2, 0.25) is 5.02 Å². The number of aliphatic carboxylic acids is 1. The average Bonchev–Trinajstić information content (AvgIpc) is 3.18. The highest BCUT2D eigenvalue weighted by Crippen LogP contribution is 2.30. The lowest BCUT2D eigenvalue weighted by Crippen LogP contribution is -2.43. The normalized spacial score (nSPS) is 11.5. The first-order chi connectivity index (χ1) is 25.6. The van der Waals surface area contributed by atoms with Crippen molar-refractivity contribution >= 4 is 35.1 Å². The van der Waals surface area contributed by atoms with Gasteiger partial charge in [-0.15, -0.1) is 0 Å². The molecule has 1 atom stereocenters. The lowest BCUT2D eigenvalue weighted by Gasteiger charge is -2.26. The number of nitrogens with zero attached hydrogens (tertiary/aromatic N) is 1. The smallest absolute Gasteiger partial charge is 0.326 e. The number of hydrogen-bond donors (Lipinski definition) is 2. The largest absolute Gasteiger partial charge is 0.491 e. The van der Waals surface area contributed by atoms with E-state index < -0.39 is 17.9 Å². The molecule has 8 heteroatoms. The molecule has 0 aliphatic heterocycles. The van der Waals surface area contributed by atoms with Crippen LogP contribution in [0.15, 0.2) is 152 Å². The highest BCUT2D eigenvalue weighted by Gasteiger charge is 2.27. The standard InChI is InChI=1S/C45H39ClN2O5/c1-30(2)53-39-24-15-32(16-25-39)29-48(44(50)37-21-19-36(20-22-37)34-11-7-4-8-12-34)42-26-23-38(46)28-40(42)43(49)47-41(45(51)52)27-31-13-17-35(18-14-31)33-9-5-3-6-10-33/h3-26,28,30,41H,27,29H2,1-2H3,(H,47,49)(H,51,52)/t41-/m0/s1. The summed E-state index contributed by atoms with van der Waals surface area (Å²) in [4.78, 5) is 42.5. The summed E-state index contributed by atoms with van der Waals surface area (Å²) in [5, 5.41) is 13.1. The van der Waals surface area contributed by atoms with Gasteiger partial charge < -0.3 is 20.1 Å². The van der Waals surface area contributed by atoms with E-state index >= 15 is 0 Å². The van der Waals surface area contributed by atoms with Crippen molar-refractivity contribution in [3.63, 3.8) is 0 Å². The van der Waals surface area contributed by atoms with E-state index in [0.29, 0.717) is 11.3 Å². The van der Waals surface area contributed by atoms with Gasteiger partial charge in [-0.05, 0) is 89.7 Å². The molecule has 0 aliphatic carbocycles. The summed E-state index contributed by atoms with van der Waals surface area (Å²) in [7, 11) is 0. The highest BCUT2D eigenvalue weighted by atomic mass is 35.5. The topological polar surface area (TPSA) is 95.9 Å². The lowest BCUT2D eigenvalue weighted by atomic mass is 10.00. The van der Waals surface area contributed by atoms with Gasteiger partial charge in [-0.3, -0.25) is 9.59 Å². The number of anilines is 1. The summed E-state index contributed by atoms with van der Waals surface area (Å²) in [6, 6.07) is 45.4. The summed E-state index contributed by atoms with van der Waals surface area (Å²) < 4.78 is 5.82. The first kappa shape index (κ1) is 36.6. The summed E-state index contributed by atoms with van der Waals surface area (Å²) in [6.07, 6.45) is 0.0453. The van der Waals surface area contributed by atoms with Crippen molar-refractivity contribution in [3.8, 4) is 28.0 Å². The molecule has 0 heterocycles. The molecule has 2 amide bonds. The second-order valence-corrected chi connectivity index (χ2v) is 13.4. The van der Waals surface area contributed by atoms with Crippen molar-refractivity contribution in [1.29, 1.82) is 0 Å². The molecule has 6 aromatic carbocycles. The van der Waals surface area contributed by atoms with Gasteiger partial charge in [-0.2, -0.15) is 0 Å². The van der Waals surface area contributed by atoms with Crippen molar-refractivity contribution in [2.75, 3.05) is 4.90 Å². The van der Waals surface area contributed by atoms with Crippen molar-refractivity contribution in [1.82, 2.24) is 5.32 Å². The van der Waals surface area contributed by atoms with Crippen LogP contribution < -0.4 is 15.0 Å². The van der Waals surface area contributed by atoms with E-state index in [9.17, 15) is 19.5 Å². The fraction of sp³-hybridized carbons (Fsp3) is 0.133. The zero-order chi connectivity index (χ0) is 37.3. The van der Waals surface area contributed by atoms with E-state index in [1.54, 1.807) is 24.3 Å². The Morgan fingerprint density at radius 3 is 1.75 bits per heavy atom. The van der Waals surface area contributed by atoms with Gasteiger partial charge in [-0.25, -0.2) is 4.79 Å². The number of rotatable bonds is 13. The van der Waals surface area contributed by atoms with Gasteiger partial charge in [0.1, 0.15) is 11.8 Å². The molecule has 0 spiro atoms. The maximum Gasteiger partial charge on any atom is 0.326 e. The van der Waals surface area contributed by atoms with Crippen LogP contribution in [0.1, 0.15) is 45.7 Å². The number of carbonyl (C=O) groups is 3. The van der Waals surface area contributed by atoms with E-state index in [0.717, 1.165) is 33.4 Å². The van der Waals surface area contributed by atoms with Crippen molar-refractivity contribution in [3.05, 3.63) is 179 Å². The number of benzene rings is 6. The number of halogens is 1. The Kier molecular flexibility index (Phi) is 11.7. The van der Waals surface area contributed by atoms with Gasteiger partial charge in [0.05, 0.1) is 23.9 Å². The molecule has 0 aromatic heterocycles. The molecule has 0 saturated heterocycles. The van der Waals surface area contributed by atoms with Crippen LogP contribution in [-0.2, 0) is 17.8 Å². The predicted molar refractivity (Wildman–Crippen MR) is 211 cm³/mol. The van der Waals surface area contributed by atoms with E-state index in [4.69, 9.17) is 16.3 Å². The summed E-state index contributed by atoms with van der Waals surface area (Å²) in [5.41, 5.74) is 6.30. The van der Waals surface area contributed by atoms with E-state index in [1.807, 2.05) is 135 Å². The molecule has 6 rings (SSSR count). The van der Waals surface area contributed by atoms with Crippen molar-refractivity contribution < 1.29 is 24.2 Å². The monoisotopic (exact) mass is 722 g/mol. The molecule has 0 radical (unpaired) electrons. The van der Waals surface area contributed by atoms with Crippen LogP contribution in [0, 0.1) is 0 Å². The Morgan fingerprint density at radius 1 is 0.679 bits per heavy atom. The van der Waals surface area contributed by atoms with E-state index in [-0.39, 0.29) is 41.3 Å². The van der Waals surface area contributed by atoms with Crippen LogP contribution in [0.5, 0.6) is 5.75 Å². The van der Waals surface area contributed by atoms with Gasteiger partial charge in [0.2, 0.25) is 0 Å². The lowest BCUT2D eigenvalue weighted by molar-refractivity contribution is -0.139. The van der Waals surface area contributed by atoms with E-state index in [1.165, 1.54) is 11.0 Å². The third kappa shape index (κ3) is 9.39. The number of carboxylic acid groups (broad SMARTS) is 1. The Hall–Kier alpha value is -6.18. The van der Waals surface area contributed by atoms with Gasteiger partial charge in [0.25, 0.3) is 11.8 Å². The van der Waals surface area contributed by atoms with E-state index in [2.05, 4.69) is 5.32 Å². The van der Waals surface area contributed by atoms with Gasteiger partial charge in [-0.1, -0.05) is 121 Å². The quantitative estimate of drug-likeness (QED) is 0.124. The molecule has 53 heavy (non-hydrogen) atoms. The molecule has 7 nitrogen and oxygen atoms in total. The first-order valence-electron chi connectivity index (χ1n) is 17.3. The zero-order valence-corrected chi connectivity index (χ0v) is 30.2. The number of ether oxygens (including phenoxy) is 1. The Bertz CT molecular complexity index is 2170. The van der Waals surface area contributed by atoms with Crippen LogP contribution >= 0.6 is 11.6 Å². The molecule has 0 bridgehead atoms. The molecule has 266 valence electrons. The highest BCUT2D eigenvalue weighted by molar-refractivity contribution is 6.31. The Balaban J connectivity index is 1.30. The molecule has 0 fully saturated rings. The minimum atomic E-state index is -1.25. The summed E-state index contributed by atoms with van der Waals surface area (Å²) in [5.74, 6) is -1.52. The Morgan fingerprint density at radius 2 is 1.21 bits per heavy atom. The zero-order valence-electron chi connectivity index (χ0n) is 29.4. The molecular formula is C45H39ClN2O5. The second-order valence-electron chi connectivity index (χ2n) is 12.9. The first-order valence-corrected chi connectivity index (χ1v) is 17.7. The second kappa shape index (κ2) is 16.9. The summed E-state index contributed by atoms with van der Waals surface area (Å²) in [6.45, 7) is 4.00. The van der Waals surface area contributed by atoms with Crippen molar-refractivity contribution in [2.45, 2.75) is 39.0 Å².